The van der Waals surface area contributed by atoms with Gasteiger partial charge in [0.05, 0.1) is 32.2 Å². The minimum absolute atomic E-state index is 0.00786. The molecule has 1 saturated heterocycles. The Morgan fingerprint density at radius 1 is 0.950 bits per heavy atom. The van der Waals surface area contributed by atoms with E-state index in [1.165, 1.54) is 16.7 Å². The Morgan fingerprint density at radius 2 is 1.57 bits per heavy atom. The van der Waals surface area contributed by atoms with Gasteiger partial charge in [0.1, 0.15) is 6.04 Å². The molecule has 0 saturated carbocycles. The average molecular weight is 581 g/mol. The number of carbonyl (C=O) groups is 2. The molecule has 5 rings (SSSR count). The van der Waals surface area contributed by atoms with E-state index in [0.29, 0.717) is 22.2 Å². The molecule has 0 aliphatic carbocycles. The smallest absolute Gasteiger partial charge is 0.335 e. The number of carbonyl (C=O) groups excluding carboxylic acids is 1. The number of nitrogens with one attached hydrogen (secondary N) is 1. The minimum atomic E-state index is -1.27. The monoisotopic (exact) mass is 580 g/mol. The van der Waals surface area contributed by atoms with Gasteiger partial charge < -0.3 is 15.3 Å². The fourth-order valence-electron chi connectivity index (χ4n) is 5.00. The van der Waals surface area contributed by atoms with Crippen molar-refractivity contribution in [2.24, 2.45) is 7.05 Å². The van der Waals surface area contributed by atoms with Crippen LogP contribution in [0.1, 0.15) is 28.8 Å². The number of fused-ring (bicyclic) bond motifs is 1. The molecule has 0 bridgehead atoms. The maximum Gasteiger partial charge on any atom is 0.335 e. The van der Waals surface area contributed by atoms with E-state index in [2.05, 4.69) is 10.2 Å². The number of halogens is 2. The second kappa shape index (κ2) is 11.2. The van der Waals surface area contributed by atoms with Crippen LogP contribution in [0.4, 0.5) is 5.69 Å². The predicted molar refractivity (Wildman–Crippen MR) is 155 cm³/mol. The molecule has 1 amide bonds. The molecule has 0 radical (unpaired) electrons. The first-order valence-electron chi connectivity index (χ1n) is 12.7. The minimum Gasteiger partial charge on any atom is -0.480 e. The summed E-state index contributed by atoms with van der Waals surface area (Å²) in [4.78, 5) is 53.5. The fourth-order valence-corrected chi connectivity index (χ4v) is 5.57. The summed E-state index contributed by atoms with van der Waals surface area (Å²) in [6.07, 6.45) is 2.18. The number of anilines is 1. The number of benzene rings is 3. The predicted octanol–water partition coefficient (Wildman–Crippen LogP) is 4.02. The number of aryl methyl sites for hydroxylation is 1. The average Bonchev–Trinajstić information content (AvgIpc) is 3.47. The Kier molecular flexibility index (Phi) is 7.69. The Labute approximate surface area is 239 Å². The third-order valence-corrected chi connectivity index (χ3v) is 7.78. The lowest BCUT2D eigenvalue weighted by molar-refractivity contribution is -0.139. The second-order valence-electron chi connectivity index (χ2n) is 9.71. The molecule has 1 aliphatic rings. The molecule has 1 fully saturated rings. The van der Waals surface area contributed by atoms with Gasteiger partial charge in [-0.3, -0.25) is 14.2 Å². The topological polar surface area (TPSA) is 114 Å². The molecule has 40 heavy (non-hydrogen) atoms. The second-order valence-corrected chi connectivity index (χ2v) is 10.5. The van der Waals surface area contributed by atoms with Gasteiger partial charge in [0.15, 0.2) is 0 Å². The largest absolute Gasteiger partial charge is 0.480 e. The molecule has 2 N–H and O–H groups in total. The first kappa shape index (κ1) is 27.5. The summed E-state index contributed by atoms with van der Waals surface area (Å²) in [5, 5.41) is 12.8. The summed E-state index contributed by atoms with van der Waals surface area (Å²) in [6, 6.07) is 15.2. The molecule has 11 heteroatoms. The molecule has 3 aromatic carbocycles. The fraction of sp³-hybridized carbons (Fsp3) is 0.241. The van der Waals surface area contributed by atoms with Gasteiger partial charge in [-0.1, -0.05) is 41.4 Å². The zero-order chi connectivity index (χ0) is 28.6. The van der Waals surface area contributed by atoms with Crippen LogP contribution in [0.5, 0.6) is 0 Å². The zero-order valence-corrected chi connectivity index (χ0v) is 23.1. The molecule has 4 aromatic rings. The Morgan fingerprint density at radius 3 is 2.20 bits per heavy atom. The van der Waals surface area contributed by atoms with E-state index in [4.69, 9.17) is 23.2 Å². The van der Waals surface area contributed by atoms with E-state index < -0.39 is 29.2 Å². The highest BCUT2D eigenvalue weighted by Crippen LogP contribution is 2.25. The quantitative estimate of drug-likeness (QED) is 0.341. The van der Waals surface area contributed by atoms with Crippen molar-refractivity contribution < 1.29 is 14.7 Å². The molecule has 206 valence electrons. The molecule has 1 atom stereocenters. The van der Waals surface area contributed by atoms with Crippen molar-refractivity contribution in [3.63, 3.8) is 0 Å². The van der Waals surface area contributed by atoms with Crippen LogP contribution in [-0.4, -0.2) is 45.2 Å². The molecule has 0 unspecified atom stereocenters. The van der Waals surface area contributed by atoms with E-state index in [1.54, 1.807) is 43.4 Å². The number of amides is 1. The SMILES string of the molecule is Cn1c(=O)n(-c2ccc(C[C@H](NC(=O)c3c(Cl)cccc3Cl)C(=O)O)cc2)c(=O)c2ccc(N3CCCC3)cc21. The van der Waals surface area contributed by atoms with Gasteiger partial charge in [0, 0.05) is 32.2 Å². The van der Waals surface area contributed by atoms with Crippen LogP contribution in [0.3, 0.4) is 0 Å². The van der Waals surface area contributed by atoms with Crippen LogP contribution in [-0.2, 0) is 18.3 Å². The Bertz CT molecular complexity index is 1720. The van der Waals surface area contributed by atoms with Gasteiger partial charge in [-0.25, -0.2) is 14.2 Å². The van der Waals surface area contributed by atoms with Gasteiger partial charge >= 0.3 is 11.7 Å². The lowest BCUT2D eigenvalue weighted by atomic mass is 10.0. The number of hydrogen-bond acceptors (Lipinski definition) is 5. The Balaban J connectivity index is 1.41. The van der Waals surface area contributed by atoms with Crippen molar-refractivity contribution in [2.45, 2.75) is 25.3 Å². The highest BCUT2D eigenvalue weighted by Gasteiger charge is 2.24. The third-order valence-electron chi connectivity index (χ3n) is 7.15. The van der Waals surface area contributed by atoms with Gasteiger partial charge in [-0.2, -0.15) is 0 Å². The molecule has 1 aliphatic heterocycles. The van der Waals surface area contributed by atoms with Crippen molar-refractivity contribution in [3.8, 4) is 5.69 Å². The summed E-state index contributed by atoms with van der Waals surface area (Å²) in [5.74, 6) is -1.95. The summed E-state index contributed by atoms with van der Waals surface area (Å²) in [7, 11) is 1.63. The van der Waals surface area contributed by atoms with Crippen LogP contribution in [0.2, 0.25) is 10.0 Å². The van der Waals surface area contributed by atoms with Gasteiger partial charge in [0.25, 0.3) is 11.5 Å². The van der Waals surface area contributed by atoms with Gasteiger partial charge in [0.2, 0.25) is 0 Å². The van der Waals surface area contributed by atoms with Gasteiger partial charge in [-0.05, 0) is 60.9 Å². The van der Waals surface area contributed by atoms with Crippen molar-refractivity contribution >= 4 is 51.7 Å². The number of carboxylic acids is 1. The maximum atomic E-state index is 13.4. The number of aliphatic carboxylic acids is 1. The number of hydrogen-bond donors (Lipinski definition) is 2. The Hall–Kier alpha value is -4.08. The van der Waals surface area contributed by atoms with E-state index >= 15 is 0 Å². The van der Waals surface area contributed by atoms with Crippen LogP contribution in [0.25, 0.3) is 16.6 Å². The van der Waals surface area contributed by atoms with E-state index in [1.807, 2.05) is 12.1 Å². The lowest BCUT2D eigenvalue weighted by Gasteiger charge is -2.19. The lowest BCUT2D eigenvalue weighted by Crippen LogP contribution is -2.42. The van der Waals surface area contributed by atoms with Crippen molar-refractivity contribution in [3.05, 3.63) is 103 Å². The highest BCUT2D eigenvalue weighted by atomic mass is 35.5. The third kappa shape index (κ3) is 5.22. The first-order valence-corrected chi connectivity index (χ1v) is 13.5. The number of aromatic nitrogens is 2. The standard InChI is InChI=1S/C29H26Cl2N4O5/c1-33-24-16-19(34-13-2-3-14-34)11-12-20(24)27(37)35(29(33)40)18-9-7-17(8-10-18)15-23(28(38)39)32-26(36)25-21(30)5-4-6-22(25)31/h4-12,16,23H,2-3,13-15H2,1H3,(H,32,36)(H,38,39)/t23-/m0/s1. The molecule has 1 aromatic heterocycles. The summed E-state index contributed by atoms with van der Waals surface area (Å²) in [5.41, 5.74) is 1.53. The zero-order valence-electron chi connectivity index (χ0n) is 21.6. The molecular formula is C29H26Cl2N4O5. The summed E-state index contributed by atoms with van der Waals surface area (Å²) in [6.45, 7) is 1.89. The maximum absolute atomic E-state index is 13.4. The van der Waals surface area contributed by atoms with E-state index in [0.717, 1.165) is 36.2 Å². The molecular weight excluding hydrogens is 555 g/mol. The summed E-state index contributed by atoms with van der Waals surface area (Å²) < 4.78 is 2.55. The number of carboxylic acid groups (broad SMARTS) is 1. The van der Waals surface area contributed by atoms with Crippen LogP contribution in [0.15, 0.2) is 70.3 Å². The van der Waals surface area contributed by atoms with Crippen LogP contribution >= 0.6 is 23.2 Å². The normalized spacial score (nSPS) is 13.9. The highest BCUT2D eigenvalue weighted by molar-refractivity contribution is 6.39. The van der Waals surface area contributed by atoms with E-state index in [-0.39, 0.29) is 22.0 Å². The van der Waals surface area contributed by atoms with E-state index in [9.17, 15) is 24.3 Å². The van der Waals surface area contributed by atoms with Crippen LogP contribution < -0.4 is 21.5 Å². The first-order chi connectivity index (χ1) is 19.2. The molecule has 9 nitrogen and oxygen atoms in total. The number of rotatable bonds is 7. The van der Waals surface area contributed by atoms with Crippen molar-refractivity contribution in [2.75, 3.05) is 18.0 Å². The molecule has 0 spiro atoms. The van der Waals surface area contributed by atoms with Gasteiger partial charge in [-0.15, -0.1) is 0 Å². The number of nitrogens with zero attached hydrogens (tertiary/aromatic N) is 3. The summed E-state index contributed by atoms with van der Waals surface area (Å²) >= 11 is 12.2. The van der Waals surface area contributed by atoms with Crippen LogP contribution in [0, 0.1) is 0 Å². The van der Waals surface area contributed by atoms with Crippen molar-refractivity contribution in [1.29, 1.82) is 0 Å². The van der Waals surface area contributed by atoms with Crippen molar-refractivity contribution in [1.82, 2.24) is 14.5 Å². The molecule has 2 heterocycles.